The fourth-order valence-corrected chi connectivity index (χ4v) is 1.94. The van der Waals surface area contributed by atoms with E-state index in [4.69, 9.17) is 4.74 Å². The number of hydrogen-bond donors (Lipinski definition) is 1. The minimum atomic E-state index is -1.05. The van der Waals surface area contributed by atoms with Crippen LogP contribution in [0.15, 0.2) is 6.33 Å². The number of aromatic nitrogens is 3. The van der Waals surface area contributed by atoms with Crippen molar-refractivity contribution in [3.8, 4) is 5.75 Å². The van der Waals surface area contributed by atoms with Gasteiger partial charge in [-0.05, 0) is 21.0 Å². The van der Waals surface area contributed by atoms with Crippen LogP contribution in [0.4, 0.5) is 0 Å². The molecule has 0 amide bonds. The van der Waals surface area contributed by atoms with Crippen LogP contribution in [0.1, 0.15) is 16.1 Å². The third-order valence-electron chi connectivity index (χ3n) is 2.98. The highest BCUT2D eigenvalue weighted by Gasteiger charge is 2.22. The van der Waals surface area contributed by atoms with Crippen LogP contribution in [0.25, 0.3) is 11.2 Å². The van der Waals surface area contributed by atoms with Crippen molar-refractivity contribution in [2.24, 2.45) is 7.05 Å². The number of fused-ring (bicyclic) bond motifs is 1. The van der Waals surface area contributed by atoms with Crippen LogP contribution in [-0.4, -0.2) is 57.8 Å². The zero-order chi connectivity index (χ0) is 14.9. The van der Waals surface area contributed by atoms with Crippen molar-refractivity contribution >= 4 is 17.1 Å². The molecule has 0 bridgehead atoms. The van der Waals surface area contributed by atoms with Crippen molar-refractivity contribution in [3.63, 3.8) is 0 Å². The van der Waals surface area contributed by atoms with E-state index in [0.717, 1.165) is 0 Å². The molecule has 0 aliphatic rings. The maximum atomic E-state index is 11.4. The number of aromatic carboxylic acids is 1. The van der Waals surface area contributed by atoms with Crippen molar-refractivity contribution in [2.75, 3.05) is 27.2 Å². The maximum absolute atomic E-state index is 11.4. The van der Waals surface area contributed by atoms with Crippen LogP contribution >= 0.6 is 0 Å². The first-order valence-electron chi connectivity index (χ1n) is 6.24. The molecule has 7 heteroatoms. The van der Waals surface area contributed by atoms with Crippen LogP contribution in [0, 0.1) is 6.92 Å². The lowest BCUT2D eigenvalue weighted by atomic mass is 10.1. The second kappa shape index (κ2) is 5.46. The van der Waals surface area contributed by atoms with Gasteiger partial charge in [0.05, 0.1) is 12.0 Å². The second-order valence-corrected chi connectivity index (χ2v) is 4.89. The average molecular weight is 278 g/mol. The Hall–Kier alpha value is -2.15. The smallest absolute Gasteiger partial charge is 0.341 e. The number of carboxylic acid groups (broad SMARTS) is 1. The number of carbonyl (C=O) groups is 1. The van der Waals surface area contributed by atoms with Gasteiger partial charge >= 0.3 is 5.97 Å². The summed E-state index contributed by atoms with van der Waals surface area (Å²) < 4.78 is 7.42. The molecule has 1 N–H and O–H groups in total. The Kier molecular flexibility index (Phi) is 3.89. The highest BCUT2D eigenvalue weighted by atomic mass is 16.5. The van der Waals surface area contributed by atoms with E-state index < -0.39 is 5.97 Å². The van der Waals surface area contributed by atoms with Crippen molar-refractivity contribution in [1.82, 2.24) is 19.4 Å². The number of hydrogen-bond acceptors (Lipinski definition) is 5. The molecule has 0 atom stereocenters. The predicted octanol–water partition coefficient (Wildman–Crippen LogP) is 0.915. The number of likely N-dealkylation sites (N-methyl/N-ethyl adjacent to an activating group) is 1. The summed E-state index contributed by atoms with van der Waals surface area (Å²) in [6.07, 6.45) is 1.60. The van der Waals surface area contributed by atoms with Crippen LogP contribution < -0.4 is 4.74 Å². The van der Waals surface area contributed by atoms with E-state index in [0.29, 0.717) is 35.8 Å². The second-order valence-electron chi connectivity index (χ2n) is 4.89. The van der Waals surface area contributed by atoms with E-state index in [9.17, 15) is 9.90 Å². The third-order valence-corrected chi connectivity index (χ3v) is 2.98. The summed E-state index contributed by atoms with van der Waals surface area (Å²) in [6.45, 7) is 2.74. The van der Waals surface area contributed by atoms with E-state index >= 15 is 0 Å². The summed E-state index contributed by atoms with van der Waals surface area (Å²) in [5.41, 5.74) is 1.60. The van der Waals surface area contributed by atoms with Gasteiger partial charge in [-0.15, -0.1) is 0 Å². The molecule has 2 aromatic heterocycles. The third kappa shape index (κ3) is 2.57. The Morgan fingerprint density at radius 3 is 2.80 bits per heavy atom. The summed E-state index contributed by atoms with van der Waals surface area (Å²) in [5.74, 6) is -0.759. The van der Waals surface area contributed by atoms with Crippen molar-refractivity contribution in [2.45, 2.75) is 6.92 Å². The SMILES string of the molecule is Cc1nc2c(ncn2C)c(OCCN(C)C)c1C(=O)O. The lowest BCUT2D eigenvalue weighted by Gasteiger charge is -2.14. The molecule has 2 heterocycles. The molecule has 0 saturated carbocycles. The van der Waals surface area contributed by atoms with Gasteiger partial charge in [0.25, 0.3) is 0 Å². The largest absolute Gasteiger partial charge is 0.489 e. The summed E-state index contributed by atoms with van der Waals surface area (Å²) in [4.78, 5) is 21.9. The molecule has 2 rings (SSSR count). The normalized spacial score (nSPS) is 11.2. The van der Waals surface area contributed by atoms with E-state index in [1.165, 1.54) is 0 Å². The van der Waals surface area contributed by atoms with E-state index in [-0.39, 0.29) is 5.56 Å². The summed E-state index contributed by atoms with van der Waals surface area (Å²) in [7, 11) is 5.66. The molecule has 108 valence electrons. The molecule has 20 heavy (non-hydrogen) atoms. The van der Waals surface area contributed by atoms with Gasteiger partial charge in [-0.3, -0.25) is 0 Å². The molecular weight excluding hydrogens is 260 g/mol. The first kappa shape index (κ1) is 14.3. The Labute approximate surface area is 116 Å². The molecule has 0 spiro atoms. The van der Waals surface area contributed by atoms with E-state index in [1.807, 2.05) is 26.0 Å². The van der Waals surface area contributed by atoms with Gasteiger partial charge in [-0.25, -0.2) is 14.8 Å². The first-order valence-corrected chi connectivity index (χ1v) is 6.24. The van der Waals surface area contributed by atoms with Crippen molar-refractivity contribution in [1.29, 1.82) is 0 Å². The molecule has 0 aromatic carbocycles. The van der Waals surface area contributed by atoms with Gasteiger partial charge in [0.15, 0.2) is 16.9 Å². The number of imidazole rings is 1. The molecular formula is C13H18N4O3. The number of pyridine rings is 1. The monoisotopic (exact) mass is 278 g/mol. The summed E-state index contributed by atoms with van der Waals surface area (Å²) in [6, 6.07) is 0. The minimum Gasteiger partial charge on any atom is -0.489 e. The number of rotatable bonds is 5. The number of aryl methyl sites for hydroxylation is 2. The number of nitrogens with zero attached hydrogens (tertiary/aromatic N) is 4. The Morgan fingerprint density at radius 1 is 1.50 bits per heavy atom. The topological polar surface area (TPSA) is 80.5 Å². The Balaban J connectivity index is 2.51. The zero-order valence-corrected chi connectivity index (χ0v) is 12.0. The summed E-state index contributed by atoms with van der Waals surface area (Å²) in [5, 5.41) is 9.36. The Bertz CT molecular complexity index is 649. The molecule has 0 fully saturated rings. The van der Waals surface area contributed by atoms with Crippen LogP contribution in [-0.2, 0) is 7.05 Å². The standard InChI is InChI=1S/C13H18N4O3/c1-8-9(13(18)19)11(20-6-5-16(2)3)10-12(15-8)17(4)7-14-10/h7H,5-6H2,1-4H3,(H,18,19). The molecule has 0 aliphatic heterocycles. The lowest BCUT2D eigenvalue weighted by molar-refractivity contribution is 0.0691. The van der Waals surface area contributed by atoms with Crippen molar-refractivity contribution in [3.05, 3.63) is 17.6 Å². The van der Waals surface area contributed by atoms with Crippen LogP contribution in [0.2, 0.25) is 0 Å². The van der Waals surface area contributed by atoms with Crippen molar-refractivity contribution < 1.29 is 14.6 Å². The Morgan fingerprint density at radius 2 is 2.20 bits per heavy atom. The van der Waals surface area contributed by atoms with Gasteiger partial charge in [0.1, 0.15) is 12.2 Å². The maximum Gasteiger partial charge on any atom is 0.341 e. The van der Waals surface area contributed by atoms with Gasteiger partial charge in [0.2, 0.25) is 0 Å². The lowest BCUT2D eigenvalue weighted by Crippen LogP contribution is -2.20. The highest BCUT2D eigenvalue weighted by Crippen LogP contribution is 2.29. The average Bonchev–Trinajstić information content (AvgIpc) is 2.70. The highest BCUT2D eigenvalue weighted by molar-refractivity contribution is 5.98. The van der Waals surface area contributed by atoms with Gasteiger partial charge < -0.3 is 19.3 Å². The number of ether oxygens (including phenoxy) is 1. The zero-order valence-electron chi connectivity index (χ0n) is 12.0. The molecule has 0 unspecified atom stereocenters. The van der Waals surface area contributed by atoms with Gasteiger partial charge in [-0.1, -0.05) is 0 Å². The molecule has 0 radical (unpaired) electrons. The molecule has 0 aliphatic carbocycles. The van der Waals surface area contributed by atoms with Crippen LogP contribution in [0.5, 0.6) is 5.75 Å². The van der Waals surface area contributed by atoms with E-state index in [2.05, 4.69) is 9.97 Å². The van der Waals surface area contributed by atoms with E-state index in [1.54, 1.807) is 17.8 Å². The molecule has 7 nitrogen and oxygen atoms in total. The molecule has 2 aromatic rings. The predicted molar refractivity (Wildman–Crippen MR) is 74.3 cm³/mol. The number of carboxylic acids is 1. The minimum absolute atomic E-state index is 0.0787. The fourth-order valence-electron chi connectivity index (χ4n) is 1.94. The molecule has 0 saturated heterocycles. The van der Waals surface area contributed by atoms with Gasteiger partial charge in [-0.2, -0.15) is 0 Å². The fraction of sp³-hybridized carbons (Fsp3) is 0.462. The van der Waals surface area contributed by atoms with Gasteiger partial charge in [0, 0.05) is 13.6 Å². The first-order chi connectivity index (χ1) is 9.41. The van der Waals surface area contributed by atoms with Crippen LogP contribution in [0.3, 0.4) is 0 Å². The summed E-state index contributed by atoms with van der Waals surface area (Å²) >= 11 is 0. The quantitative estimate of drug-likeness (QED) is 0.875.